The molecule has 0 bridgehead atoms. The summed E-state index contributed by atoms with van der Waals surface area (Å²) in [7, 11) is 0. The number of hydrogen-bond acceptors (Lipinski definition) is 7. The van der Waals surface area contributed by atoms with E-state index in [1.165, 1.54) is 29.3 Å². The van der Waals surface area contributed by atoms with Gasteiger partial charge in [0.15, 0.2) is 0 Å². The number of carboxylic acid groups (broad SMARTS) is 1. The third-order valence-electron chi connectivity index (χ3n) is 4.62. The Bertz CT molecular complexity index is 1130. The van der Waals surface area contributed by atoms with E-state index in [0.717, 1.165) is 11.3 Å². The molecule has 4 N–H and O–H groups in total. The molecule has 0 radical (unpaired) electrons. The van der Waals surface area contributed by atoms with E-state index in [-0.39, 0.29) is 18.4 Å². The van der Waals surface area contributed by atoms with Gasteiger partial charge in [0.2, 0.25) is 5.95 Å². The second-order valence-electron chi connectivity index (χ2n) is 6.84. The van der Waals surface area contributed by atoms with Gasteiger partial charge >= 0.3 is 12.0 Å². The van der Waals surface area contributed by atoms with Crippen LogP contribution in [0.1, 0.15) is 23.2 Å². The summed E-state index contributed by atoms with van der Waals surface area (Å²) >= 11 is 0. The minimum atomic E-state index is -0.783. The van der Waals surface area contributed by atoms with E-state index < -0.39 is 5.97 Å². The maximum atomic E-state index is 10.1. The van der Waals surface area contributed by atoms with Gasteiger partial charge in [-0.3, -0.25) is 4.79 Å². The van der Waals surface area contributed by atoms with Crippen molar-refractivity contribution in [2.45, 2.75) is 26.4 Å². The maximum Gasteiger partial charge on any atom is 0.321 e. The first-order chi connectivity index (χ1) is 15.5. The molecule has 2 aromatic heterocycles. The number of imidazole rings is 1. The maximum absolute atomic E-state index is 10.1. The van der Waals surface area contributed by atoms with E-state index in [1.807, 2.05) is 30.3 Å². The summed E-state index contributed by atoms with van der Waals surface area (Å²) in [5.41, 5.74) is 11.0. The summed E-state index contributed by atoms with van der Waals surface area (Å²) in [5, 5.41) is 8.28. The summed E-state index contributed by atoms with van der Waals surface area (Å²) in [5.74, 6) is -0.630. The predicted octanol–water partition coefficient (Wildman–Crippen LogP) is 3.44. The van der Waals surface area contributed by atoms with Gasteiger partial charge in [-0.2, -0.15) is 9.97 Å². The minimum absolute atomic E-state index is 0.153. The van der Waals surface area contributed by atoms with Crippen molar-refractivity contribution >= 4 is 11.9 Å². The standard InChI is InChI=1S/C17H16N4O.C6H8N2O2/c1-12-14(10-22-17-20-11-19-16(18)21-17)8-5-9-15(12)13-6-3-2-4-7-13;9-6(10)2-1-5-3-7-4-8-5/h2-9,11H,10H2,1H3,(H2,18,19,20,21);3-4H,1-2H2,(H,7,8)(H,9,10). The van der Waals surface area contributed by atoms with E-state index in [4.69, 9.17) is 15.6 Å². The van der Waals surface area contributed by atoms with Crippen LogP contribution in [-0.2, 0) is 17.8 Å². The lowest BCUT2D eigenvalue weighted by Crippen LogP contribution is -2.04. The molecule has 0 unspecified atom stereocenters. The fraction of sp³-hybridized carbons (Fsp3) is 0.174. The average Bonchev–Trinajstić information content (AvgIpc) is 3.32. The summed E-state index contributed by atoms with van der Waals surface area (Å²) < 4.78 is 5.60. The highest BCUT2D eigenvalue weighted by Gasteiger charge is 2.07. The first kappa shape index (κ1) is 22.4. The molecule has 2 heterocycles. The van der Waals surface area contributed by atoms with E-state index in [2.05, 4.69) is 50.0 Å². The van der Waals surface area contributed by atoms with Crippen LogP contribution in [-0.4, -0.2) is 36.0 Å². The Morgan fingerprint density at radius 3 is 2.62 bits per heavy atom. The van der Waals surface area contributed by atoms with Crippen LogP contribution in [0.15, 0.2) is 67.4 Å². The molecule has 0 aliphatic heterocycles. The highest BCUT2D eigenvalue weighted by molar-refractivity contribution is 5.68. The summed E-state index contributed by atoms with van der Waals surface area (Å²) in [4.78, 5) is 28.2. The molecule has 0 aliphatic rings. The average molecular weight is 432 g/mol. The Kier molecular flexibility index (Phi) is 7.85. The lowest BCUT2D eigenvalue weighted by atomic mass is 9.97. The number of nitrogen functional groups attached to an aromatic ring is 1. The molecule has 0 aliphatic carbocycles. The molecule has 0 saturated carbocycles. The van der Waals surface area contributed by atoms with Gasteiger partial charge in [-0.15, -0.1) is 0 Å². The Balaban J connectivity index is 0.000000243. The summed E-state index contributed by atoms with van der Waals surface area (Å²) in [6.45, 7) is 2.47. The summed E-state index contributed by atoms with van der Waals surface area (Å²) in [6, 6.07) is 16.7. The molecule has 164 valence electrons. The largest absolute Gasteiger partial charge is 0.481 e. The Hall–Kier alpha value is -4.27. The fourth-order valence-corrected chi connectivity index (χ4v) is 2.94. The second-order valence-corrected chi connectivity index (χ2v) is 6.84. The van der Waals surface area contributed by atoms with Gasteiger partial charge in [-0.25, -0.2) is 9.97 Å². The second kappa shape index (κ2) is 11.2. The zero-order valence-electron chi connectivity index (χ0n) is 17.6. The number of ether oxygens (including phenoxy) is 1. The molecular formula is C23H24N6O3. The van der Waals surface area contributed by atoms with Crippen molar-refractivity contribution in [3.05, 3.63) is 84.2 Å². The molecule has 9 heteroatoms. The molecule has 32 heavy (non-hydrogen) atoms. The van der Waals surface area contributed by atoms with Gasteiger partial charge in [0.1, 0.15) is 12.9 Å². The third kappa shape index (κ3) is 6.63. The van der Waals surface area contributed by atoms with Crippen LogP contribution in [0.2, 0.25) is 0 Å². The van der Waals surface area contributed by atoms with Gasteiger partial charge in [-0.1, -0.05) is 48.5 Å². The smallest absolute Gasteiger partial charge is 0.321 e. The number of carbonyl (C=O) groups is 1. The number of hydrogen-bond donors (Lipinski definition) is 3. The molecule has 2 aromatic carbocycles. The van der Waals surface area contributed by atoms with E-state index >= 15 is 0 Å². The SMILES string of the molecule is Cc1c(COc2ncnc(N)n2)cccc1-c1ccccc1.O=C(O)CCc1cnc[nH]1. The molecule has 4 rings (SSSR count). The van der Waals surface area contributed by atoms with Crippen LogP contribution in [0.3, 0.4) is 0 Å². The van der Waals surface area contributed by atoms with Crippen LogP contribution in [0.5, 0.6) is 6.01 Å². The zero-order valence-corrected chi connectivity index (χ0v) is 17.6. The molecule has 0 atom stereocenters. The highest BCUT2D eigenvalue weighted by Crippen LogP contribution is 2.26. The number of H-pyrrole nitrogens is 1. The lowest BCUT2D eigenvalue weighted by molar-refractivity contribution is -0.136. The number of nitrogens with two attached hydrogens (primary N) is 1. The number of anilines is 1. The van der Waals surface area contributed by atoms with Crippen molar-refractivity contribution in [1.82, 2.24) is 24.9 Å². The van der Waals surface area contributed by atoms with E-state index in [1.54, 1.807) is 6.20 Å². The Morgan fingerprint density at radius 1 is 1.12 bits per heavy atom. The van der Waals surface area contributed by atoms with E-state index in [0.29, 0.717) is 13.0 Å². The highest BCUT2D eigenvalue weighted by atomic mass is 16.5. The van der Waals surface area contributed by atoms with Crippen molar-refractivity contribution in [2.24, 2.45) is 0 Å². The van der Waals surface area contributed by atoms with Crippen molar-refractivity contribution in [1.29, 1.82) is 0 Å². The van der Waals surface area contributed by atoms with Crippen LogP contribution in [0, 0.1) is 6.92 Å². The van der Waals surface area contributed by atoms with Crippen LogP contribution in [0.4, 0.5) is 5.95 Å². The topological polar surface area (TPSA) is 140 Å². The fourth-order valence-electron chi connectivity index (χ4n) is 2.94. The van der Waals surface area contributed by atoms with Crippen LogP contribution < -0.4 is 10.5 Å². The summed E-state index contributed by atoms with van der Waals surface area (Å²) in [6.07, 6.45) is 5.18. The number of aromatic nitrogens is 5. The number of nitrogens with one attached hydrogen (secondary N) is 1. The van der Waals surface area contributed by atoms with Crippen molar-refractivity contribution in [3.8, 4) is 17.1 Å². The molecule has 0 amide bonds. The normalized spacial score (nSPS) is 10.2. The van der Waals surface area contributed by atoms with Crippen molar-refractivity contribution in [2.75, 3.05) is 5.73 Å². The molecule has 0 fully saturated rings. The van der Waals surface area contributed by atoms with Gasteiger partial charge < -0.3 is 20.6 Å². The molecule has 0 spiro atoms. The molecule has 0 saturated heterocycles. The molecule has 9 nitrogen and oxygen atoms in total. The first-order valence-electron chi connectivity index (χ1n) is 9.93. The number of benzene rings is 2. The number of aliphatic carboxylic acids is 1. The Labute approximate surface area is 185 Å². The number of carboxylic acids is 1. The van der Waals surface area contributed by atoms with Gasteiger partial charge in [-0.05, 0) is 35.6 Å². The van der Waals surface area contributed by atoms with Crippen molar-refractivity contribution in [3.63, 3.8) is 0 Å². The number of nitrogens with zero attached hydrogens (tertiary/aromatic N) is 4. The van der Waals surface area contributed by atoms with Gasteiger partial charge in [0.05, 0.1) is 12.7 Å². The van der Waals surface area contributed by atoms with E-state index in [9.17, 15) is 4.79 Å². The zero-order chi connectivity index (χ0) is 22.8. The minimum Gasteiger partial charge on any atom is -0.481 e. The van der Waals surface area contributed by atoms with Crippen LogP contribution in [0.25, 0.3) is 11.1 Å². The number of aromatic amines is 1. The number of aryl methyl sites for hydroxylation is 1. The Morgan fingerprint density at radius 2 is 1.94 bits per heavy atom. The van der Waals surface area contributed by atoms with Crippen LogP contribution >= 0.6 is 0 Å². The number of rotatable bonds is 7. The van der Waals surface area contributed by atoms with Crippen molar-refractivity contribution < 1.29 is 14.6 Å². The lowest BCUT2D eigenvalue weighted by Gasteiger charge is -2.12. The predicted molar refractivity (Wildman–Crippen MR) is 120 cm³/mol. The quantitative estimate of drug-likeness (QED) is 0.403. The first-order valence-corrected chi connectivity index (χ1v) is 9.93. The molecular weight excluding hydrogens is 408 g/mol. The monoisotopic (exact) mass is 432 g/mol. The molecule has 4 aromatic rings. The third-order valence-corrected chi connectivity index (χ3v) is 4.62. The van der Waals surface area contributed by atoms with Gasteiger partial charge in [0, 0.05) is 11.9 Å². The van der Waals surface area contributed by atoms with Gasteiger partial charge in [0.25, 0.3) is 0 Å².